The van der Waals surface area contributed by atoms with Gasteiger partial charge < -0.3 is 19.1 Å². The SMILES string of the molecule is BC(B)(c1ccc(-c2ccccc2S(=O)(=O)Nc2noc(C)c2C)c(COCC)c1)N(C)/C(CCCC)=N\C(C)=C(/C=O)CC(=S)N(C)C. The van der Waals surface area contributed by atoms with Gasteiger partial charge in [0.15, 0.2) is 5.82 Å². The molecule has 0 amide bonds. The van der Waals surface area contributed by atoms with Crippen LogP contribution in [0.5, 0.6) is 0 Å². The van der Waals surface area contributed by atoms with Crippen molar-refractivity contribution in [3.63, 3.8) is 0 Å². The Hall–Kier alpha value is -3.74. The van der Waals surface area contributed by atoms with Crippen LogP contribution in [-0.4, -0.2) is 83.9 Å². The Morgan fingerprint density at radius 3 is 2.41 bits per heavy atom. The van der Waals surface area contributed by atoms with Crippen LogP contribution >= 0.6 is 12.2 Å². The van der Waals surface area contributed by atoms with Crippen molar-refractivity contribution in [1.82, 2.24) is 15.0 Å². The average molecular weight is 706 g/mol. The van der Waals surface area contributed by atoms with Gasteiger partial charge in [0.05, 0.1) is 16.5 Å². The summed E-state index contributed by atoms with van der Waals surface area (Å²) in [6.45, 7) is 10.2. The number of unbranched alkanes of at least 4 members (excludes halogenated alkanes) is 1. The minimum Gasteiger partial charge on any atom is -0.377 e. The molecule has 0 spiro atoms. The molecule has 1 heterocycles. The Morgan fingerprint density at radius 2 is 1.82 bits per heavy atom. The summed E-state index contributed by atoms with van der Waals surface area (Å²) >= 11 is 5.47. The second kappa shape index (κ2) is 17.3. The first-order valence-electron chi connectivity index (χ1n) is 16.5. The van der Waals surface area contributed by atoms with Crippen molar-refractivity contribution in [2.45, 2.75) is 77.1 Å². The number of aliphatic imine (C=N–C) groups is 1. The van der Waals surface area contributed by atoms with Crippen molar-refractivity contribution >= 4 is 60.9 Å². The number of carbonyl (C=O) groups is 1. The molecule has 0 saturated carbocycles. The van der Waals surface area contributed by atoms with Gasteiger partial charge in [0.25, 0.3) is 10.0 Å². The number of anilines is 1. The Kier molecular flexibility index (Phi) is 14.0. The molecule has 0 saturated heterocycles. The fourth-order valence-electron chi connectivity index (χ4n) is 5.18. The molecule has 2 aromatic carbocycles. The Morgan fingerprint density at radius 1 is 1.12 bits per heavy atom. The van der Waals surface area contributed by atoms with Gasteiger partial charge in [0, 0.05) is 68.3 Å². The van der Waals surface area contributed by atoms with Crippen LogP contribution in [0.4, 0.5) is 5.82 Å². The third-order valence-electron chi connectivity index (χ3n) is 8.85. The number of nitrogens with one attached hydrogen (secondary N) is 1. The number of hydrogen-bond donors (Lipinski definition) is 1. The summed E-state index contributed by atoms with van der Waals surface area (Å²) < 4.78 is 41.2. The van der Waals surface area contributed by atoms with E-state index in [1.807, 2.05) is 58.1 Å². The van der Waals surface area contributed by atoms with Crippen molar-refractivity contribution < 1.29 is 22.5 Å². The number of nitrogens with zero attached hydrogens (tertiary/aromatic N) is 4. The van der Waals surface area contributed by atoms with Crippen LogP contribution in [0, 0.1) is 13.8 Å². The summed E-state index contributed by atoms with van der Waals surface area (Å²) in [6, 6.07) is 13.0. The monoisotopic (exact) mass is 705 g/mol. The first-order valence-corrected chi connectivity index (χ1v) is 18.4. The smallest absolute Gasteiger partial charge is 0.263 e. The van der Waals surface area contributed by atoms with Crippen molar-refractivity contribution in [3.8, 4) is 11.1 Å². The molecule has 3 aromatic rings. The molecule has 3 rings (SSSR count). The van der Waals surface area contributed by atoms with Crippen LogP contribution in [0.25, 0.3) is 11.1 Å². The molecule has 49 heavy (non-hydrogen) atoms. The molecule has 0 fully saturated rings. The molecule has 0 aliphatic carbocycles. The summed E-state index contributed by atoms with van der Waals surface area (Å²) in [5.74, 6) is 1.56. The molecule has 10 nitrogen and oxygen atoms in total. The predicted octanol–water partition coefficient (Wildman–Crippen LogP) is 4.94. The van der Waals surface area contributed by atoms with Gasteiger partial charge in [-0.05, 0) is 56.9 Å². The zero-order valence-corrected chi connectivity index (χ0v) is 32.1. The highest BCUT2D eigenvalue weighted by Crippen LogP contribution is 2.35. The zero-order valence-electron chi connectivity index (χ0n) is 30.5. The van der Waals surface area contributed by atoms with Crippen LogP contribution in [0.1, 0.15) is 68.9 Å². The molecule has 1 N–H and O–H groups in total. The van der Waals surface area contributed by atoms with Gasteiger partial charge in [-0.2, -0.15) is 0 Å². The van der Waals surface area contributed by atoms with E-state index < -0.39 is 15.4 Å². The number of carbonyl (C=O) groups excluding carboxylic acids is 1. The largest absolute Gasteiger partial charge is 0.377 e. The number of sulfonamides is 1. The Labute approximate surface area is 299 Å². The molecule has 1 aromatic heterocycles. The summed E-state index contributed by atoms with van der Waals surface area (Å²) in [7, 11) is 5.98. The maximum Gasteiger partial charge on any atom is 0.263 e. The van der Waals surface area contributed by atoms with E-state index in [9.17, 15) is 13.2 Å². The van der Waals surface area contributed by atoms with Gasteiger partial charge in [-0.25, -0.2) is 13.4 Å². The van der Waals surface area contributed by atoms with E-state index in [4.69, 9.17) is 26.5 Å². The minimum atomic E-state index is -4.02. The molecule has 0 atom stereocenters. The molecule has 0 radical (unpaired) electrons. The van der Waals surface area contributed by atoms with Crippen molar-refractivity contribution in [1.29, 1.82) is 0 Å². The lowest BCUT2D eigenvalue weighted by molar-refractivity contribution is -0.105. The van der Waals surface area contributed by atoms with Gasteiger partial charge in [-0.3, -0.25) is 9.52 Å². The maximum atomic E-state index is 13.7. The summed E-state index contributed by atoms with van der Waals surface area (Å²) in [5.41, 5.74) is 4.96. The van der Waals surface area contributed by atoms with Crippen LogP contribution in [0.15, 0.2) is 68.1 Å². The molecular weight excluding hydrogens is 656 g/mol. The molecule has 0 bridgehead atoms. The van der Waals surface area contributed by atoms with E-state index in [1.54, 1.807) is 32.0 Å². The number of benzene rings is 2. The van der Waals surface area contributed by atoms with Crippen LogP contribution in [-0.2, 0) is 31.5 Å². The fraction of sp³-hybridized carbons (Fsp3) is 0.429. The summed E-state index contributed by atoms with van der Waals surface area (Å²) in [4.78, 5) is 21.9. The molecule has 0 aliphatic rings. The second-order valence-corrected chi connectivity index (χ2v) is 14.9. The highest BCUT2D eigenvalue weighted by molar-refractivity contribution is 7.92. The van der Waals surface area contributed by atoms with E-state index in [2.05, 4.69) is 43.5 Å². The number of ether oxygens (including phenoxy) is 1. The lowest BCUT2D eigenvalue weighted by atomic mass is 9.56. The molecule has 0 aliphatic heterocycles. The van der Waals surface area contributed by atoms with Gasteiger partial charge in [0.2, 0.25) is 0 Å². The van der Waals surface area contributed by atoms with Crippen molar-refractivity contribution in [2.24, 2.45) is 4.99 Å². The van der Waals surface area contributed by atoms with Gasteiger partial charge in [0.1, 0.15) is 33.6 Å². The topological polar surface area (TPSA) is 117 Å². The molecule has 262 valence electrons. The van der Waals surface area contributed by atoms with E-state index in [1.165, 1.54) is 0 Å². The molecule has 0 unspecified atom stereocenters. The number of rotatable bonds is 16. The zero-order chi connectivity index (χ0) is 36.5. The number of aldehydes is 1. The highest BCUT2D eigenvalue weighted by atomic mass is 32.2. The molecule has 14 heteroatoms. The summed E-state index contributed by atoms with van der Waals surface area (Å²) in [5, 5.41) is 3.36. The average Bonchev–Trinajstić information content (AvgIpc) is 3.38. The number of thiocarbonyl (C=S) groups is 1. The lowest BCUT2D eigenvalue weighted by Crippen LogP contribution is -2.48. The third-order valence-corrected chi connectivity index (χ3v) is 10.8. The van der Waals surface area contributed by atoms with Crippen LogP contribution in [0.3, 0.4) is 0 Å². The Bertz CT molecular complexity index is 1820. The number of hydrogen-bond acceptors (Lipinski definition) is 8. The number of amidine groups is 1. The molecular formula is C35H49B2N5O5S2. The standard InChI is InChI=1S/C35H49B2N5O5S2/c1-9-11-16-32(38-24(4)26(21-43)20-33(48)41(6)7)42(8)35(36,37)28-17-18-29(27(19-28)22-46-10-2)30-14-12-13-15-31(30)49(44,45)40-34-23(3)25(5)47-39-34/h12-15,17-19,21H,9-11,16,20,22,36-37H2,1-8H3,(H,39,40)/b26-24-,38-32-. The van der Waals surface area contributed by atoms with Gasteiger partial charge in [-0.1, -0.05) is 67.1 Å². The van der Waals surface area contributed by atoms with Crippen LogP contribution in [0.2, 0.25) is 0 Å². The number of aryl methyl sites for hydroxylation is 1. The minimum absolute atomic E-state index is 0.118. The van der Waals surface area contributed by atoms with Gasteiger partial charge >= 0.3 is 0 Å². The van der Waals surface area contributed by atoms with E-state index in [-0.39, 0.29) is 17.3 Å². The van der Waals surface area contributed by atoms with Crippen molar-refractivity contribution in [2.75, 3.05) is 32.5 Å². The fourth-order valence-corrected chi connectivity index (χ4v) is 6.61. The first kappa shape index (κ1) is 39.7. The van der Waals surface area contributed by atoms with Gasteiger partial charge in [-0.15, -0.1) is 0 Å². The number of allylic oxidation sites excluding steroid dienone is 1. The summed E-state index contributed by atoms with van der Waals surface area (Å²) in [6.07, 6.45) is 3.84. The third kappa shape index (κ3) is 9.70. The predicted molar refractivity (Wildman–Crippen MR) is 207 cm³/mol. The highest BCUT2D eigenvalue weighted by Gasteiger charge is 2.30. The first-order chi connectivity index (χ1) is 23.1. The Balaban J connectivity index is 2.11. The maximum absolute atomic E-state index is 13.7. The van der Waals surface area contributed by atoms with E-state index in [0.717, 1.165) is 48.1 Å². The van der Waals surface area contributed by atoms with Crippen molar-refractivity contribution in [3.05, 3.63) is 76.2 Å². The van der Waals surface area contributed by atoms with E-state index >= 15 is 0 Å². The number of aromatic nitrogens is 1. The second-order valence-electron chi connectivity index (χ2n) is 12.8. The quantitative estimate of drug-likeness (QED) is 0.0553. The van der Waals surface area contributed by atoms with Crippen LogP contribution < -0.4 is 4.72 Å². The van der Waals surface area contributed by atoms with E-state index in [0.29, 0.717) is 46.2 Å². The normalized spacial score (nSPS) is 12.8. The lowest BCUT2D eigenvalue weighted by Gasteiger charge is -2.40.